The van der Waals surface area contributed by atoms with Crippen LogP contribution in [0.15, 0.2) is 34.1 Å². The van der Waals surface area contributed by atoms with E-state index in [1.165, 1.54) is 0 Å². The van der Waals surface area contributed by atoms with E-state index in [4.69, 9.17) is 14.5 Å². The lowest BCUT2D eigenvalue weighted by molar-refractivity contribution is -0.120. The van der Waals surface area contributed by atoms with Crippen LogP contribution in [0, 0.1) is 5.41 Å². The second kappa shape index (κ2) is 8.29. The maximum atomic E-state index is 5.80. The van der Waals surface area contributed by atoms with E-state index >= 15 is 0 Å². The number of pyridine rings is 1. The third kappa shape index (κ3) is 4.30. The predicted molar refractivity (Wildman–Crippen MR) is 119 cm³/mol. The number of thiazole rings is 2. The lowest BCUT2D eigenvalue weighted by Crippen LogP contribution is -2.44. The van der Waals surface area contributed by atoms with Crippen molar-refractivity contribution < 1.29 is 9.47 Å². The first kappa shape index (κ1) is 19.4. The van der Waals surface area contributed by atoms with Gasteiger partial charge in [-0.3, -0.25) is 4.99 Å². The molecule has 0 aromatic carbocycles. The van der Waals surface area contributed by atoms with Gasteiger partial charge in [-0.15, -0.1) is 22.7 Å². The highest BCUT2D eigenvalue weighted by atomic mass is 32.1. The molecule has 0 aliphatic carbocycles. The van der Waals surface area contributed by atoms with Crippen molar-refractivity contribution in [3.05, 3.63) is 29.1 Å². The molecule has 156 valence electrons. The molecule has 5 rings (SSSR count). The molecule has 0 spiro atoms. The predicted octanol–water partition coefficient (Wildman–Crippen LogP) is 3.51. The third-order valence-corrected chi connectivity index (χ3v) is 6.50. The topological polar surface area (TPSA) is 93.6 Å². The molecule has 0 saturated carbocycles. The summed E-state index contributed by atoms with van der Waals surface area (Å²) >= 11 is 3.12. The number of aromatic nitrogens is 3. The van der Waals surface area contributed by atoms with Gasteiger partial charge in [0.2, 0.25) is 5.88 Å². The van der Waals surface area contributed by atoms with E-state index in [9.17, 15) is 0 Å². The molecule has 10 heteroatoms. The Balaban J connectivity index is 1.23. The molecular formula is C20H22N6O2S2. The van der Waals surface area contributed by atoms with Crippen LogP contribution in [0.4, 0.5) is 5.13 Å². The quantitative estimate of drug-likeness (QED) is 0.603. The van der Waals surface area contributed by atoms with Crippen molar-refractivity contribution in [2.45, 2.75) is 13.3 Å². The molecule has 0 radical (unpaired) electrons. The van der Waals surface area contributed by atoms with Gasteiger partial charge in [0.25, 0.3) is 0 Å². The van der Waals surface area contributed by atoms with E-state index in [2.05, 4.69) is 32.5 Å². The lowest BCUT2D eigenvalue weighted by Gasteiger charge is -2.37. The molecule has 30 heavy (non-hydrogen) atoms. The number of guanidine groups is 1. The minimum atomic E-state index is 0.103. The molecule has 3 aromatic heterocycles. The molecule has 8 nitrogen and oxygen atoms in total. The summed E-state index contributed by atoms with van der Waals surface area (Å²) in [5, 5.41) is 12.2. The number of hydrogen-bond donors (Lipinski definition) is 2. The maximum absolute atomic E-state index is 5.80. The van der Waals surface area contributed by atoms with Gasteiger partial charge in [-0.25, -0.2) is 15.0 Å². The molecule has 1 saturated heterocycles. The normalized spacial score (nSPS) is 17.6. The first-order valence-corrected chi connectivity index (χ1v) is 11.6. The van der Waals surface area contributed by atoms with Crippen molar-refractivity contribution in [1.82, 2.24) is 20.3 Å². The second-order valence-corrected chi connectivity index (χ2v) is 9.40. The standard InChI is InChI=1S/C20H22N6O2S2/c1-20(10-27-11-20)12-28-16-4-3-13(7-23-16)17-24-14(8-29-17)15-9-30-19(25-15)26-18-21-5-2-6-22-18/h3-4,7-9H,2,5-6,10-12H2,1H3,(H2,21,22,25,26). The molecule has 1 fully saturated rings. The number of nitrogens with one attached hydrogen (secondary N) is 2. The molecule has 0 amide bonds. The van der Waals surface area contributed by atoms with E-state index in [0.717, 1.165) is 65.8 Å². The Labute approximate surface area is 182 Å². The van der Waals surface area contributed by atoms with Crippen LogP contribution in [0.5, 0.6) is 5.88 Å². The van der Waals surface area contributed by atoms with Gasteiger partial charge in [0.15, 0.2) is 11.1 Å². The van der Waals surface area contributed by atoms with E-state index in [-0.39, 0.29) is 5.41 Å². The second-order valence-electron chi connectivity index (χ2n) is 7.69. The third-order valence-electron chi connectivity index (χ3n) is 4.85. The van der Waals surface area contributed by atoms with E-state index in [0.29, 0.717) is 12.5 Å². The number of anilines is 1. The monoisotopic (exact) mass is 442 g/mol. The Morgan fingerprint density at radius 3 is 2.80 bits per heavy atom. The van der Waals surface area contributed by atoms with Gasteiger partial charge in [0.05, 0.1) is 19.8 Å². The molecule has 2 aliphatic heterocycles. The average Bonchev–Trinajstić information content (AvgIpc) is 3.42. The zero-order valence-electron chi connectivity index (χ0n) is 16.6. The van der Waals surface area contributed by atoms with Gasteiger partial charge in [-0.1, -0.05) is 6.92 Å². The zero-order valence-corrected chi connectivity index (χ0v) is 18.2. The van der Waals surface area contributed by atoms with Crippen LogP contribution in [0.25, 0.3) is 22.0 Å². The van der Waals surface area contributed by atoms with Crippen LogP contribution < -0.4 is 15.4 Å². The van der Waals surface area contributed by atoms with Crippen LogP contribution in [0.3, 0.4) is 0 Å². The summed E-state index contributed by atoms with van der Waals surface area (Å²) in [4.78, 5) is 18.2. The molecule has 2 aliphatic rings. The van der Waals surface area contributed by atoms with Crippen molar-refractivity contribution in [3.8, 4) is 27.8 Å². The van der Waals surface area contributed by atoms with Crippen molar-refractivity contribution in [2.75, 3.05) is 38.2 Å². The maximum Gasteiger partial charge on any atom is 0.213 e. The van der Waals surface area contributed by atoms with Crippen LogP contribution in [-0.2, 0) is 4.74 Å². The first-order valence-electron chi connectivity index (χ1n) is 9.81. The largest absolute Gasteiger partial charge is 0.477 e. The Morgan fingerprint density at radius 1 is 1.20 bits per heavy atom. The van der Waals surface area contributed by atoms with Gasteiger partial charge in [-0.05, 0) is 12.5 Å². The minimum absolute atomic E-state index is 0.103. The number of hydrogen-bond acceptors (Lipinski definition) is 10. The van der Waals surface area contributed by atoms with Crippen molar-refractivity contribution in [1.29, 1.82) is 0 Å². The fourth-order valence-electron chi connectivity index (χ4n) is 3.06. The summed E-state index contributed by atoms with van der Waals surface area (Å²) < 4.78 is 11.1. The Kier molecular flexibility index (Phi) is 5.36. The minimum Gasteiger partial charge on any atom is -0.477 e. The van der Waals surface area contributed by atoms with Gasteiger partial charge in [0, 0.05) is 47.1 Å². The van der Waals surface area contributed by atoms with Gasteiger partial charge in [-0.2, -0.15) is 0 Å². The van der Waals surface area contributed by atoms with Crippen molar-refractivity contribution in [2.24, 2.45) is 10.4 Å². The molecule has 5 heterocycles. The van der Waals surface area contributed by atoms with E-state index < -0.39 is 0 Å². The molecule has 0 atom stereocenters. The summed E-state index contributed by atoms with van der Waals surface area (Å²) in [6.45, 7) is 6.03. The number of rotatable bonds is 6. The lowest BCUT2D eigenvalue weighted by atomic mass is 9.90. The van der Waals surface area contributed by atoms with Crippen LogP contribution in [-0.4, -0.2) is 53.8 Å². The van der Waals surface area contributed by atoms with Gasteiger partial charge < -0.3 is 20.1 Å². The molecule has 0 bridgehead atoms. The van der Waals surface area contributed by atoms with E-state index in [1.54, 1.807) is 28.9 Å². The van der Waals surface area contributed by atoms with Crippen molar-refractivity contribution in [3.63, 3.8) is 0 Å². The Hall–Kier alpha value is -2.56. The molecule has 2 N–H and O–H groups in total. The fraction of sp³-hybridized carbons (Fsp3) is 0.400. The highest BCUT2D eigenvalue weighted by molar-refractivity contribution is 7.14. The SMILES string of the molecule is CC1(COc2ccc(-c3nc(-c4csc(NC5=NCCCN5)n4)cs3)cn2)COC1. The Morgan fingerprint density at radius 2 is 2.07 bits per heavy atom. The van der Waals surface area contributed by atoms with Gasteiger partial charge in [0.1, 0.15) is 16.4 Å². The highest BCUT2D eigenvalue weighted by Gasteiger charge is 2.34. The highest BCUT2D eigenvalue weighted by Crippen LogP contribution is 2.31. The smallest absolute Gasteiger partial charge is 0.213 e. The first-order chi connectivity index (χ1) is 14.7. The van der Waals surface area contributed by atoms with Crippen LogP contribution in [0.2, 0.25) is 0 Å². The number of aliphatic imine (C=N–C) groups is 1. The van der Waals surface area contributed by atoms with E-state index in [1.807, 2.05) is 22.9 Å². The van der Waals surface area contributed by atoms with Crippen LogP contribution in [0.1, 0.15) is 13.3 Å². The van der Waals surface area contributed by atoms with Crippen molar-refractivity contribution >= 4 is 33.8 Å². The number of nitrogens with zero attached hydrogens (tertiary/aromatic N) is 4. The number of ether oxygens (including phenoxy) is 2. The fourth-order valence-corrected chi connectivity index (χ4v) is 4.57. The molecule has 3 aromatic rings. The summed E-state index contributed by atoms with van der Waals surface area (Å²) in [7, 11) is 0. The summed E-state index contributed by atoms with van der Waals surface area (Å²) in [6, 6.07) is 3.88. The zero-order chi connectivity index (χ0) is 20.4. The molecular weight excluding hydrogens is 420 g/mol. The van der Waals surface area contributed by atoms with Crippen LogP contribution >= 0.6 is 22.7 Å². The Bertz CT molecular complexity index is 1040. The summed E-state index contributed by atoms with van der Waals surface area (Å²) in [6.07, 6.45) is 2.87. The summed E-state index contributed by atoms with van der Waals surface area (Å²) in [5.41, 5.74) is 2.78. The molecule has 0 unspecified atom stereocenters. The summed E-state index contributed by atoms with van der Waals surface area (Å²) in [5.74, 6) is 1.41. The average molecular weight is 443 g/mol. The van der Waals surface area contributed by atoms with Gasteiger partial charge >= 0.3 is 0 Å².